The first-order valence-electron chi connectivity index (χ1n) is 4.10. The average molecular weight is 157 g/mol. The molecule has 1 saturated carbocycles. The molecule has 1 N–H and O–H groups in total. The summed E-state index contributed by atoms with van der Waals surface area (Å²) in [6.07, 6.45) is 3.44. The molecule has 1 rings (SSSR count). The van der Waals surface area contributed by atoms with Crippen LogP contribution in [0.2, 0.25) is 0 Å². The van der Waals surface area contributed by atoms with Crippen LogP contribution in [0.4, 0.5) is 0 Å². The Morgan fingerprint density at radius 3 is 2.27 bits per heavy atom. The lowest BCUT2D eigenvalue weighted by Crippen LogP contribution is -2.29. The summed E-state index contributed by atoms with van der Waals surface area (Å²) in [5, 5.41) is 19.4. The second-order valence-corrected chi connectivity index (χ2v) is 3.16. The first kappa shape index (κ1) is 8.53. The molecule has 63 valence electrons. The Hall–Kier alpha value is -0.570. The first-order valence-corrected chi connectivity index (χ1v) is 4.10. The molecule has 3 nitrogen and oxygen atoms in total. The van der Waals surface area contributed by atoms with E-state index in [4.69, 9.17) is 5.11 Å². The fraction of sp³-hybridized carbons (Fsp3) is 0.875. The Bertz CT molecular complexity index is 138. The van der Waals surface area contributed by atoms with Gasteiger partial charge in [-0.15, -0.1) is 0 Å². The van der Waals surface area contributed by atoms with E-state index in [1.165, 1.54) is 0 Å². The highest BCUT2D eigenvalue weighted by Gasteiger charge is 2.28. The molecule has 1 fully saturated rings. The highest BCUT2D eigenvalue weighted by atomic mass is 16.4. The second kappa shape index (κ2) is 3.72. The van der Waals surface area contributed by atoms with Gasteiger partial charge in [0.15, 0.2) is 6.10 Å². The number of rotatable bonds is 2. The van der Waals surface area contributed by atoms with E-state index < -0.39 is 12.1 Å². The number of carbonyl (C=O) groups is 1. The molecule has 0 amide bonds. The van der Waals surface area contributed by atoms with Crippen LogP contribution < -0.4 is 0 Å². The average Bonchev–Trinajstić information content (AvgIpc) is 2.05. The minimum atomic E-state index is -1.38. The number of hydrogen-bond acceptors (Lipinski definition) is 1. The van der Waals surface area contributed by atoms with Gasteiger partial charge in [-0.2, -0.15) is 0 Å². The van der Waals surface area contributed by atoms with Gasteiger partial charge < -0.3 is 5.11 Å². The summed E-state index contributed by atoms with van der Waals surface area (Å²) >= 11 is 0. The monoisotopic (exact) mass is 157 g/mol. The zero-order chi connectivity index (χ0) is 8.27. The maximum absolute atomic E-state index is 11.0. The highest BCUT2D eigenvalue weighted by molar-refractivity contribution is 5.72. The van der Waals surface area contributed by atoms with E-state index in [9.17, 15) is 9.90 Å². The molecule has 0 aromatic carbocycles. The van der Waals surface area contributed by atoms with Gasteiger partial charge in [0.25, 0.3) is 0 Å². The largest absolute Gasteiger partial charge is 0.479 e. The minimum Gasteiger partial charge on any atom is -0.479 e. The van der Waals surface area contributed by atoms with Gasteiger partial charge in [0.05, 0.1) is 0 Å². The summed E-state index contributed by atoms with van der Waals surface area (Å²) in [7, 11) is 0. The van der Waals surface area contributed by atoms with Crippen molar-refractivity contribution < 1.29 is 15.0 Å². The molecule has 0 aromatic rings. The van der Waals surface area contributed by atoms with E-state index in [-0.39, 0.29) is 5.92 Å². The van der Waals surface area contributed by atoms with Crippen LogP contribution in [0.15, 0.2) is 0 Å². The molecule has 11 heavy (non-hydrogen) atoms. The number of aliphatic carboxylic acids is 1. The van der Waals surface area contributed by atoms with Crippen LogP contribution in [-0.2, 0) is 9.90 Å². The lowest BCUT2D eigenvalue weighted by atomic mass is 9.85. The predicted octanol–water partition coefficient (Wildman–Crippen LogP) is 1.45. The summed E-state index contributed by atoms with van der Waals surface area (Å²) in [5.74, 6) is -1.29. The highest BCUT2D eigenvalue weighted by Crippen LogP contribution is 2.26. The Morgan fingerprint density at radius 1 is 1.27 bits per heavy atom. The maximum atomic E-state index is 11.0. The number of carboxylic acid groups (broad SMARTS) is 1. The zero-order valence-corrected chi connectivity index (χ0v) is 6.45. The molecule has 1 aliphatic carbocycles. The number of carboxylic acids is 1. The van der Waals surface area contributed by atoms with Crippen LogP contribution in [0, 0.1) is 5.92 Å². The molecule has 0 heterocycles. The van der Waals surface area contributed by atoms with Crippen molar-refractivity contribution in [2.24, 2.45) is 5.92 Å². The van der Waals surface area contributed by atoms with Crippen molar-refractivity contribution in [2.75, 3.05) is 0 Å². The Labute approximate surface area is 66.0 Å². The fourth-order valence-corrected chi connectivity index (χ4v) is 1.64. The molecule has 0 aromatic heterocycles. The molecule has 0 saturated heterocycles. The van der Waals surface area contributed by atoms with Gasteiger partial charge in [0, 0.05) is 0 Å². The SMILES string of the molecule is [O]C(C(=O)O)C1CCCCC1. The summed E-state index contributed by atoms with van der Waals surface area (Å²) < 4.78 is 0. The summed E-state index contributed by atoms with van der Waals surface area (Å²) in [5.41, 5.74) is 0. The van der Waals surface area contributed by atoms with E-state index in [0.29, 0.717) is 0 Å². The van der Waals surface area contributed by atoms with Crippen molar-refractivity contribution in [3.63, 3.8) is 0 Å². The molecule has 3 heteroatoms. The van der Waals surface area contributed by atoms with Crippen molar-refractivity contribution in [2.45, 2.75) is 38.2 Å². The van der Waals surface area contributed by atoms with Crippen molar-refractivity contribution in [3.8, 4) is 0 Å². The molecule has 1 aliphatic rings. The molecule has 0 aliphatic heterocycles. The van der Waals surface area contributed by atoms with Crippen LogP contribution in [-0.4, -0.2) is 17.2 Å². The molecule has 0 bridgehead atoms. The first-order chi connectivity index (χ1) is 5.22. The van der Waals surface area contributed by atoms with E-state index in [1.54, 1.807) is 0 Å². The van der Waals surface area contributed by atoms with Gasteiger partial charge in [0.1, 0.15) is 0 Å². The van der Waals surface area contributed by atoms with Gasteiger partial charge in [-0.1, -0.05) is 19.3 Å². The molecule has 1 atom stereocenters. The molecular formula is C8H13O3. The number of hydrogen-bond donors (Lipinski definition) is 1. The van der Waals surface area contributed by atoms with Gasteiger partial charge in [0.2, 0.25) is 0 Å². The van der Waals surface area contributed by atoms with E-state index in [2.05, 4.69) is 0 Å². The summed E-state index contributed by atoms with van der Waals surface area (Å²) in [6, 6.07) is 0. The molecule has 1 radical (unpaired) electrons. The summed E-state index contributed by atoms with van der Waals surface area (Å²) in [4.78, 5) is 10.3. The Morgan fingerprint density at radius 2 is 1.82 bits per heavy atom. The topological polar surface area (TPSA) is 57.2 Å². The maximum Gasteiger partial charge on any atom is 0.336 e. The third-order valence-corrected chi connectivity index (χ3v) is 2.32. The standard InChI is InChI=1S/C8H13O3/c9-7(8(10)11)6-4-2-1-3-5-6/h6-7H,1-5H2,(H,10,11). The quantitative estimate of drug-likeness (QED) is 0.659. The van der Waals surface area contributed by atoms with Crippen molar-refractivity contribution >= 4 is 5.97 Å². The predicted molar refractivity (Wildman–Crippen MR) is 38.7 cm³/mol. The van der Waals surface area contributed by atoms with Crippen LogP contribution in [0.3, 0.4) is 0 Å². The van der Waals surface area contributed by atoms with Crippen molar-refractivity contribution in [3.05, 3.63) is 0 Å². The van der Waals surface area contributed by atoms with Crippen LogP contribution in [0.25, 0.3) is 0 Å². The van der Waals surface area contributed by atoms with Crippen LogP contribution in [0.5, 0.6) is 0 Å². The van der Waals surface area contributed by atoms with Crippen molar-refractivity contribution in [1.29, 1.82) is 0 Å². The van der Waals surface area contributed by atoms with Gasteiger partial charge in [-0.3, -0.25) is 0 Å². The van der Waals surface area contributed by atoms with Gasteiger partial charge in [-0.25, -0.2) is 9.90 Å². The smallest absolute Gasteiger partial charge is 0.336 e. The third kappa shape index (κ3) is 2.19. The molecule has 1 unspecified atom stereocenters. The normalized spacial score (nSPS) is 23.0. The lowest BCUT2D eigenvalue weighted by Gasteiger charge is -2.22. The molecular weight excluding hydrogens is 144 g/mol. The van der Waals surface area contributed by atoms with Crippen LogP contribution >= 0.6 is 0 Å². The van der Waals surface area contributed by atoms with Gasteiger partial charge in [-0.05, 0) is 18.8 Å². The van der Waals surface area contributed by atoms with Crippen LogP contribution in [0.1, 0.15) is 32.1 Å². The Kier molecular flexibility index (Phi) is 2.88. The van der Waals surface area contributed by atoms with Gasteiger partial charge >= 0.3 is 5.97 Å². The summed E-state index contributed by atoms with van der Waals surface area (Å²) in [6.45, 7) is 0. The fourth-order valence-electron chi connectivity index (χ4n) is 1.64. The van der Waals surface area contributed by atoms with E-state index in [0.717, 1.165) is 32.1 Å². The van der Waals surface area contributed by atoms with E-state index in [1.807, 2.05) is 0 Å². The minimum absolute atomic E-state index is 0.110. The Balaban J connectivity index is 2.38. The van der Waals surface area contributed by atoms with Crippen molar-refractivity contribution in [1.82, 2.24) is 0 Å². The third-order valence-electron chi connectivity index (χ3n) is 2.32. The molecule has 0 spiro atoms. The van der Waals surface area contributed by atoms with E-state index >= 15 is 0 Å². The lowest BCUT2D eigenvalue weighted by molar-refractivity contribution is -0.155. The second-order valence-electron chi connectivity index (χ2n) is 3.16. The zero-order valence-electron chi connectivity index (χ0n) is 6.45.